The molecule has 0 saturated heterocycles. The van der Waals surface area contributed by atoms with E-state index in [1.165, 1.54) is 18.2 Å². The van der Waals surface area contributed by atoms with E-state index in [1.54, 1.807) is 0 Å². The predicted octanol–water partition coefficient (Wildman–Crippen LogP) is 2.12. The van der Waals surface area contributed by atoms with Crippen LogP contribution >= 0.6 is 11.6 Å². The molecule has 0 bridgehead atoms. The predicted molar refractivity (Wildman–Crippen MR) is 87.0 cm³/mol. The van der Waals surface area contributed by atoms with Crippen LogP contribution < -0.4 is 10.5 Å². The number of rotatable bonds is 5. The molecule has 0 heterocycles. The zero-order valence-corrected chi connectivity index (χ0v) is 13.4. The number of hydrogen-bond acceptors (Lipinski definition) is 5. The molecule has 2 aromatic carbocycles. The molecular formula is C14H11ClN2O6S. The highest BCUT2D eigenvalue weighted by Gasteiger charge is 2.20. The summed E-state index contributed by atoms with van der Waals surface area (Å²) in [6.45, 7) is 0. The van der Waals surface area contributed by atoms with Crippen LogP contribution in [0.4, 0.5) is 11.4 Å². The van der Waals surface area contributed by atoms with Crippen LogP contribution in [-0.2, 0) is 10.0 Å². The van der Waals surface area contributed by atoms with Gasteiger partial charge in [0.05, 0.1) is 32.4 Å². The first kappa shape index (κ1) is 17.6. The molecule has 10 heteroatoms. The number of halogens is 1. The van der Waals surface area contributed by atoms with E-state index in [1.807, 2.05) is 0 Å². The number of carboxylic acids is 2. The Morgan fingerprint density at radius 3 is 2.00 bits per heavy atom. The van der Waals surface area contributed by atoms with Crippen LogP contribution in [0.25, 0.3) is 0 Å². The second-order valence-corrected chi connectivity index (χ2v) is 6.79. The molecule has 24 heavy (non-hydrogen) atoms. The van der Waals surface area contributed by atoms with E-state index in [4.69, 9.17) is 27.5 Å². The highest BCUT2D eigenvalue weighted by Crippen LogP contribution is 2.25. The summed E-state index contributed by atoms with van der Waals surface area (Å²) in [7, 11) is -4.23. The van der Waals surface area contributed by atoms with E-state index < -0.39 is 38.0 Å². The number of nitrogens with two attached hydrogens (primary N) is 1. The summed E-state index contributed by atoms with van der Waals surface area (Å²) in [5.41, 5.74) is 4.88. The van der Waals surface area contributed by atoms with Crippen molar-refractivity contribution in [2.75, 3.05) is 10.5 Å². The first-order valence-electron chi connectivity index (χ1n) is 6.29. The lowest BCUT2D eigenvalue weighted by molar-refractivity contribution is 0.0696. The Morgan fingerprint density at radius 2 is 1.54 bits per heavy atom. The number of nitrogens with one attached hydrogen (secondary N) is 1. The van der Waals surface area contributed by atoms with E-state index >= 15 is 0 Å². The Balaban J connectivity index is 2.49. The smallest absolute Gasteiger partial charge is 0.335 e. The van der Waals surface area contributed by atoms with Gasteiger partial charge in [0.15, 0.2) is 0 Å². The van der Waals surface area contributed by atoms with E-state index in [-0.39, 0.29) is 16.4 Å². The zero-order chi connectivity index (χ0) is 18.1. The third-order valence-electron chi connectivity index (χ3n) is 2.96. The Labute approximate surface area is 141 Å². The lowest BCUT2D eigenvalue weighted by Crippen LogP contribution is -2.15. The number of aromatic carboxylic acids is 2. The minimum Gasteiger partial charge on any atom is -0.478 e. The highest BCUT2D eigenvalue weighted by molar-refractivity contribution is 7.92. The molecular weight excluding hydrogens is 360 g/mol. The van der Waals surface area contributed by atoms with Gasteiger partial charge < -0.3 is 15.9 Å². The van der Waals surface area contributed by atoms with Crippen molar-refractivity contribution in [2.24, 2.45) is 0 Å². The van der Waals surface area contributed by atoms with Crippen molar-refractivity contribution in [3.05, 3.63) is 52.5 Å². The highest BCUT2D eigenvalue weighted by atomic mass is 35.5. The maximum absolute atomic E-state index is 12.4. The Kier molecular flexibility index (Phi) is 4.67. The van der Waals surface area contributed by atoms with Crippen LogP contribution in [0.5, 0.6) is 0 Å². The number of nitrogen functional groups attached to an aromatic ring is 1. The van der Waals surface area contributed by atoms with Gasteiger partial charge in [-0.1, -0.05) is 11.6 Å². The van der Waals surface area contributed by atoms with Crippen molar-refractivity contribution in [3.8, 4) is 0 Å². The van der Waals surface area contributed by atoms with Crippen LogP contribution in [0.2, 0.25) is 5.02 Å². The van der Waals surface area contributed by atoms with Crippen molar-refractivity contribution in [1.82, 2.24) is 0 Å². The zero-order valence-electron chi connectivity index (χ0n) is 11.9. The first-order chi connectivity index (χ1) is 11.1. The second kappa shape index (κ2) is 6.38. The molecule has 5 N–H and O–H groups in total. The van der Waals surface area contributed by atoms with Crippen molar-refractivity contribution >= 4 is 44.9 Å². The van der Waals surface area contributed by atoms with Gasteiger partial charge in [-0.25, -0.2) is 18.0 Å². The minimum atomic E-state index is -4.23. The number of benzene rings is 2. The molecule has 0 saturated carbocycles. The SMILES string of the molecule is Nc1cc(NS(=O)(=O)c2cc(C(=O)O)cc(C(=O)O)c2)ccc1Cl. The molecule has 2 rings (SSSR count). The topological polar surface area (TPSA) is 147 Å². The lowest BCUT2D eigenvalue weighted by atomic mass is 10.1. The summed E-state index contributed by atoms with van der Waals surface area (Å²) < 4.78 is 26.9. The van der Waals surface area contributed by atoms with Gasteiger partial charge in [-0.2, -0.15) is 0 Å². The van der Waals surface area contributed by atoms with Gasteiger partial charge in [0.2, 0.25) is 0 Å². The van der Waals surface area contributed by atoms with Gasteiger partial charge in [-0.05, 0) is 36.4 Å². The molecule has 126 valence electrons. The molecule has 0 aliphatic rings. The fourth-order valence-corrected chi connectivity index (χ4v) is 3.06. The molecule has 0 spiro atoms. The number of sulfonamides is 1. The van der Waals surface area contributed by atoms with Crippen LogP contribution in [0.1, 0.15) is 20.7 Å². The maximum Gasteiger partial charge on any atom is 0.335 e. The van der Waals surface area contributed by atoms with E-state index in [2.05, 4.69) is 4.72 Å². The average Bonchev–Trinajstić information content (AvgIpc) is 2.50. The Bertz CT molecular complexity index is 910. The van der Waals surface area contributed by atoms with Gasteiger partial charge in [-0.3, -0.25) is 4.72 Å². The van der Waals surface area contributed by atoms with Gasteiger partial charge in [0.25, 0.3) is 10.0 Å². The first-order valence-corrected chi connectivity index (χ1v) is 8.16. The Hall–Kier alpha value is -2.78. The van der Waals surface area contributed by atoms with Crippen molar-refractivity contribution in [2.45, 2.75) is 4.90 Å². The molecule has 8 nitrogen and oxygen atoms in total. The van der Waals surface area contributed by atoms with Crippen molar-refractivity contribution in [1.29, 1.82) is 0 Å². The van der Waals surface area contributed by atoms with Crippen LogP contribution in [0, 0.1) is 0 Å². The lowest BCUT2D eigenvalue weighted by Gasteiger charge is -2.10. The number of carboxylic acid groups (broad SMARTS) is 2. The molecule has 0 amide bonds. The minimum absolute atomic E-state index is 0.0921. The summed E-state index contributed by atoms with van der Waals surface area (Å²) in [5, 5.41) is 18.2. The normalized spacial score (nSPS) is 11.0. The van der Waals surface area contributed by atoms with E-state index in [9.17, 15) is 18.0 Å². The molecule has 2 aromatic rings. The largest absolute Gasteiger partial charge is 0.478 e. The summed E-state index contributed by atoms with van der Waals surface area (Å²) in [4.78, 5) is 21.6. The summed E-state index contributed by atoms with van der Waals surface area (Å²) >= 11 is 5.75. The van der Waals surface area contributed by atoms with Crippen molar-refractivity contribution in [3.63, 3.8) is 0 Å². The number of anilines is 2. The monoisotopic (exact) mass is 370 g/mol. The molecule has 0 aliphatic carbocycles. The number of hydrogen-bond donors (Lipinski definition) is 4. The maximum atomic E-state index is 12.4. The third-order valence-corrected chi connectivity index (χ3v) is 4.66. The summed E-state index contributed by atoms with van der Waals surface area (Å²) in [6, 6.07) is 6.59. The average molecular weight is 371 g/mol. The Morgan fingerprint density at radius 1 is 1.00 bits per heavy atom. The quantitative estimate of drug-likeness (QED) is 0.589. The van der Waals surface area contributed by atoms with Gasteiger partial charge in [0, 0.05) is 0 Å². The van der Waals surface area contributed by atoms with Crippen LogP contribution in [-0.4, -0.2) is 30.6 Å². The third kappa shape index (κ3) is 3.76. The van der Waals surface area contributed by atoms with Crippen LogP contribution in [0.3, 0.4) is 0 Å². The van der Waals surface area contributed by atoms with Crippen LogP contribution in [0.15, 0.2) is 41.3 Å². The molecule has 0 radical (unpaired) electrons. The van der Waals surface area contributed by atoms with E-state index in [0.29, 0.717) is 0 Å². The fraction of sp³-hybridized carbons (Fsp3) is 0. The molecule has 0 atom stereocenters. The molecule has 0 aromatic heterocycles. The van der Waals surface area contributed by atoms with Gasteiger partial charge in [-0.15, -0.1) is 0 Å². The van der Waals surface area contributed by atoms with Gasteiger partial charge >= 0.3 is 11.9 Å². The summed E-state index contributed by atoms with van der Waals surface area (Å²) in [6.07, 6.45) is 0. The van der Waals surface area contributed by atoms with Crippen molar-refractivity contribution < 1.29 is 28.2 Å². The second-order valence-electron chi connectivity index (χ2n) is 4.70. The molecule has 0 fully saturated rings. The fourth-order valence-electron chi connectivity index (χ4n) is 1.82. The number of carbonyl (C=O) groups is 2. The van der Waals surface area contributed by atoms with Gasteiger partial charge in [0.1, 0.15) is 0 Å². The summed E-state index contributed by atoms with van der Waals surface area (Å²) in [5.74, 6) is -2.91. The molecule has 0 aliphatic heterocycles. The van der Waals surface area contributed by atoms with E-state index in [0.717, 1.165) is 18.2 Å². The molecule has 0 unspecified atom stereocenters. The standard InChI is InChI=1S/C14H11ClN2O6S/c15-11-2-1-9(6-12(11)16)17-24(22,23)10-4-7(13(18)19)3-8(5-10)14(20)21/h1-6,17H,16H2,(H,18,19)(H,20,21).